The van der Waals surface area contributed by atoms with Gasteiger partial charge in [-0.25, -0.2) is 9.59 Å². The molecular formula is C25H19N5O5. The number of urea groups is 1. The normalized spacial score (nSPS) is 19.5. The number of esters is 1. The Hall–Kier alpha value is -4.53. The van der Waals surface area contributed by atoms with E-state index in [0.717, 1.165) is 0 Å². The van der Waals surface area contributed by atoms with Crippen molar-refractivity contribution in [1.29, 1.82) is 0 Å². The van der Waals surface area contributed by atoms with Crippen LogP contribution in [0.15, 0.2) is 65.8 Å². The molecule has 0 saturated carbocycles. The number of anilines is 1. The Morgan fingerprint density at radius 3 is 2.54 bits per heavy atom. The third-order valence-electron chi connectivity index (χ3n) is 6.41. The Bertz CT molecular complexity index is 1430. The van der Waals surface area contributed by atoms with Crippen molar-refractivity contribution in [3.8, 4) is 11.5 Å². The maximum Gasteiger partial charge on any atom is 0.340 e. The fourth-order valence-corrected chi connectivity index (χ4v) is 4.83. The minimum atomic E-state index is -1.24. The number of ether oxygens (including phenoxy) is 3. The molecule has 1 saturated heterocycles. The second-order valence-electron chi connectivity index (χ2n) is 8.33. The second-order valence-corrected chi connectivity index (χ2v) is 8.33. The van der Waals surface area contributed by atoms with Crippen LogP contribution in [0, 0.1) is 0 Å². The number of benzene rings is 3. The molecule has 174 valence electrons. The Labute approximate surface area is 199 Å². The lowest BCUT2D eigenvalue weighted by Gasteiger charge is -2.36. The third-order valence-corrected chi connectivity index (χ3v) is 6.41. The summed E-state index contributed by atoms with van der Waals surface area (Å²) in [6.45, 7) is 2.02. The molecule has 3 heterocycles. The lowest BCUT2D eigenvalue weighted by atomic mass is 9.77. The van der Waals surface area contributed by atoms with E-state index in [-0.39, 0.29) is 6.03 Å². The van der Waals surface area contributed by atoms with E-state index in [0.29, 0.717) is 71.4 Å². The minimum Gasteiger partial charge on any atom is -0.456 e. The Balaban J connectivity index is 1.47. The maximum absolute atomic E-state index is 12.9. The van der Waals surface area contributed by atoms with Gasteiger partial charge in [-0.05, 0) is 29.8 Å². The van der Waals surface area contributed by atoms with Gasteiger partial charge in [0.25, 0.3) is 0 Å². The summed E-state index contributed by atoms with van der Waals surface area (Å²) in [5, 5.41) is 6.58. The van der Waals surface area contributed by atoms with Gasteiger partial charge in [-0.2, -0.15) is 0 Å². The lowest BCUT2D eigenvalue weighted by Crippen LogP contribution is -2.43. The SMILES string of the molecule is [N-]=[N+]=Nc1ccc2c(c1)Oc1cc(NC(=O)N3CCOCC3)ccc1C21OC(=O)c2ccccc21. The number of hydrogen-bond donors (Lipinski definition) is 1. The quantitative estimate of drug-likeness (QED) is 0.243. The highest BCUT2D eigenvalue weighted by molar-refractivity contribution is 5.97. The molecule has 1 unspecified atom stereocenters. The molecule has 3 aliphatic heterocycles. The zero-order valence-corrected chi connectivity index (χ0v) is 18.4. The predicted molar refractivity (Wildman–Crippen MR) is 125 cm³/mol. The van der Waals surface area contributed by atoms with Gasteiger partial charge in [0.05, 0.1) is 18.8 Å². The average Bonchev–Trinajstić information content (AvgIpc) is 3.17. The van der Waals surface area contributed by atoms with Crippen LogP contribution < -0.4 is 10.1 Å². The summed E-state index contributed by atoms with van der Waals surface area (Å²) in [6.07, 6.45) is 0. The van der Waals surface area contributed by atoms with Crippen molar-refractivity contribution < 1.29 is 23.8 Å². The van der Waals surface area contributed by atoms with Gasteiger partial charge in [0.1, 0.15) is 11.5 Å². The first-order chi connectivity index (χ1) is 17.1. The number of carbonyl (C=O) groups excluding carboxylic acids is 2. The summed E-state index contributed by atoms with van der Waals surface area (Å²) < 4.78 is 17.6. The standard InChI is InChI=1S/C25H19N5O5/c26-29-28-16-6-8-20-22(14-16)34-21-13-15(27-24(32)30-9-11-33-12-10-30)5-7-19(21)25(20)18-4-2-1-3-17(18)23(31)35-25/h1-8,13-14H,9-12H2,(H,27,32). The topological polar surface area (TPSA) is 126 Å². The monoisotopic (exact) mass is 469 g/mol. The summed E-state index contributed by atoms with van der Waals surface area (Å²) in [5.74, 6) is 0.367. The summed E-state index contributed by atoms with van der Waals surface area (Å²) in [4.78, 5) is 30.2. The van der Waals surface area contributed by atoms with Crippen molar-refractivity contribution in [3.63, 3.8) is 0 Å². The van der Waals surface area contributed by atoms with Gasteiger partial charge in [0.15, 0.2) is 5.60 Å². The van der Waals surface area contributed by atoms with E-state index in [4.69, 9.17) is 19.7 Å². The summed E-state index contributed by atoms with van der Waals surface area (Å²) in [7, 11) is 0. The first-order valence-electron chi connectivity index (χ1n) is 11.1. The summed E-state index contributed by atoms with van der Waals surface area (Å²) >= 11 is 0. The highest BCUT2D eigenvalue weighted by atomic mass is 16.6. The molecule has 1 fully saturated rings. The number of amides is 2. The molecule has 10 nitrogen and oxygen atoms in total. The van der Waals surface area contributed by atoms with Crippen molar-refractivity contribution in [2.75, 3.05) is 31.6 Å². The van der Waals surface area contributed by atoms with Crippen LogP contribution in [0.1, 0.15) is 27.0 Å². The molecule has 10 heteroatoms. The molecule has 3 aliphatic rings. The van der Waals surface area contributed by atoms with E-state index < -0.39 is 11.6 Å². The number of nitrogens with one attached hydrogen (secondary N) is 1. The summed E-state index contributed by atoms with van der Waals surface area (Å²) in [5.41, 5.74) is 10.9. The van der Waals surface area contributed by atoms with Crippen LogP contribution >= 0.6 is 0 Å². The highest BCUT2D eigenvalue weighted by Gasteiger charge is 2.53. The minimum absolute atomic E-state index is 0.234. The molecular weight excluding hydrogens is 450 g/mol. The van der Waals surface area contributed by atoms with E-state index in [2.05, 4.69) is 15.3 Å². The van der Waals surface area contributed by atoms with Crippen LogP contribution in [0.3, 0.4) is 0 Å². The van der Waals surface area contributed by atoms with Crippen LogP contribution in [0.25, 0.3) is 10.4 Å². The van der Waals surface area contributed by atoms with Crippen molar-refractivity contribution >= 4 is 23.4 Å². The number of carbonyl (C=O) groups is 2. The largest absolute Gasteiger partial charge is 0.456 e. The molecule has 0 radical (unpaired) electrons. The Morgan fingerprint density at radius 2 is 1.74 bits per heavy atom. The fraction of sp³-hybridized carbons (Fsp3) is 0.200. The molecule has 1 spiro atoms. The number of azide groups is 1. The van der Waals surface area contributed by atoms with E-state index >= 15 is 0 Å². The Morgan fingerprint density at radius 1 is 1.00 bits per heavy atom. The number of nitrogens with zero attached hydrogens (tertiary/aromatic N) is 4. The molecule has 6 rings (SSSR count). The van der Waals surface area contributed by atoms with Crippen LogP contribution in [0.5, 0.6) is 11.5 Å². The molecule has 35 heavy (non-hydrogen) atoms. The molecule has 1 N–H and O–H groups in total. The first kappa shape index (κ1) is 21.0. The molecule has 0 bridgehead atoms. The van der Waals surface area contributed by atoms with E-state index in [1.54, 1.807) is 53.4 Å². The van der Waals surface area contributed by atoms with Gasteiger partial charge >= 0.3 is 12.0 Å². The average molecular weight is 469 g/mol. The van der Waals surface area contributed by atoms with Crippen LogP contribution in [-0.4, -0.2) is 43.2 Å². The van der Waals surface area contributed by atoms with E-state index in [1.807, 2.05) is 12.1 Å². The summed E-state index contributed by atoms with van der Waals surface area (Å²) in [6, 6.07) is 17.2. The van der Waals surface area contributed by atoms with E-state index in [1.165, 1.54) is 0 Å². The molecule has 3 aromatic carbocycles. The van der Waals surface area contributed by atoms with Crippen LogP contribution in [0.2, 0.25) is 0 Å². The maximum atomic E-state index is 12.9. The number of morpholine rings is 1. The van der Waals surface area contributed by atoms with Crippen LogP contribution in [-0.2, 0) is 15.1 Å². The third kappa shape index (κ3) is 3.27. The Kier molecular flexibility index (Phi) is 4.84. The van der Waals surface area contributed by atoms with Crippen LogP contribution in [0.4, 0.5) is 16.2 Å². The lowest BCUT2D eigenvalue weighted by molar-refractivity contribution is 0.0224. The fourth-order valence-electron chi connectivity index (χ4n) is 4.83. The zero-order chi connectivity index (χ0) is 24.0. The molecule has 0 aromatic heterocycles. The smallest absolute Gasteiger partial charge is 0.340 e. The van der Waals surface area contributed by atoms with Crippen molar-refractivity contribution in [3.05, 3.63) is 93.4 Å². The second kappa shape index (κ2) is 8.05. The van der Waals surface area contributed by atoms with Gasteiger partial charge in [0.2, 0.25) is 0 Å². The molecule has 2 amide bonds. The number of hydrogen-bond acceptors (Lipinski definition) is 6. The van der Waals surface area contributed by atoms with Gasteiger partial charge in [0, 0.05) is 52.1 Å². The highest BCUT2D eigenvalue weighted by Crippen LogP contribution is 2.56. The van der Waals surface area contributed by atoms with Crippen molar-refractivity contribution in [2.24, 2.45) is 5.11 Å². The van der Waals surface area contributed by atoms with E-state index in [9.17, 15) is 9.59 Å². The first-order valence-corrected chi connectivity index (χ1v) is 11.1. The predicted octanol–water partition coefficient (Wildman–Crippen LogP) is 5.06. The molecule has 1 atom stereocenters. The number of rotatable bonds is 2. The van der Waals surface area contributed by atoms with Gasteiger partial charge in [-0.15, -0.1) is 0 Å². The molecule has 3 aromatic rings. The van der Waals surface area contributed by atoms with Gasteiger partial charge < -0.3 is 24.4 Å². The number of fused-ring (bicyclic) bond motifs is 6. The van der Waals surface area contributed by atoms with Crippen molar-refractivity contribution in [2.45, 2.75) is 5.60 Å². The zero-order valence-electron chi connectivity index (χ0n) is 18.4. The molecule has 0 aliphatic carbocycles. The van der Waals surface area contributed by atoms with Crippen molar-refractivity contribution in [1.82, 2.24) is 4.90 Å². The van der Waals surface area contributed by atoms with Gasteiger partial charge in [-0.3, -0.25) is 0 Å². The van der Waals surface area contributed by atoms with Gasteiger partial charge in [-0.1, -0.05) is 35.4 Å².